The summed E-state index contributed by atoms with van der Waals surface area (Å²) in [6.45, 7) is 1.15. The summed E-state index contributed by atoms with van der Waals surface area (Å²) in [5, 5.41) is 10.9. The first-order valence-corrected chi connectivity index (χ1v) is 12.2. The second-order valence-corrected chi connectivity index (χ2v) is 9.78. The topological polar surface area (TPSA) is 91.5 Å². The van der Waals surface area contributed by atoms with Crippen LogP contribution in [0.2, 0.25) is 5.02 Å². The summed E-state index contributed by atoms with van der Waals surface area (Å²) in [6.07, 6.45) is 1.59. The molecule has 4 aliphatic heterocycles. The number of imidazole rings is 1. The third kappa shape index (κ3) is 3.42. The van der Waals surface area contributed by atoms with Crippen molar-refractivity contribution in [2.75, 3.05) is 25.4 Å². The molecule has 0 unspecified atom stereocenters. The third-order valence-electron chi connectivity index (χ3n) is 6.39. The number of carbonyl (C=O) groups is 2. The highest BCUT2D eigenvalue weighted by atomic mass is 35.5. The number of amides is 2. The van der Waals surface area contributed by atoms with Gasteiger partial charge in [-0.2, -0.15) is 5.26 Å². The maximum Gasteiger partial charge on any atom is 0.272 e. The normalized spacial score (nSPS) is 19.1. The quantitative estimate of drug-likeness (QED) is 0.476. The van der Waals surface area contributed by atoms with E-state index in [4.69, 9.17) is 16.3 Å². The Morgan fingerprint density at radius 3 is 2.79 bits per heavy atom. The van der Waals surface area contributed by atoms with Gasteiger partial charge in [0, 0.05) is 30.4 Å². The Bertz CT molecular complexity index is 1400. The van der Waals surface area contributed by atoms with Crippen LogP contribution in [0.25, 0.3) is 0 Å². The second-order valence-electron chi connectivity index (χ2n) is 8.39. The molecule has 2 aromatic carbocycles. The Morgan fingerprint density at radius 2 is 1.97 bits per heavy atom. The van der Waals surface area contributed by atoms with Crippen LogP contribution in [0, 0.1) is 11.3 Å². The minimum absolute atomic E-state index is 0.00593. The smallest absolute Gasteiger partial charge is 0.272 e. The van der Waals surface area contributed by atoms with Gasteiger partial charge in [-0.1, -0.05) is 29.4 Å². The molecule has 0 radical (unpaired) electrons. The molecule has 0 spiro atoms. The van der Waals surface area contributed by atoms with Crippen molar-refractivity contribution in [2.45, 2.75) is 17.7 Å². The van der Waals surface area contributed by atoms with Gasteiger partial charge in [-0.25, -0.2) is 4.98 Å². The minimum Gasteiger partial charge on any atom is -0.456 e. The lowest BCUT2D eigenvalue weighted by atomic mass is 10.0. The van der Waals surface area contributed by atoms with E-state index >= 15 is 0 Å². The Hall–Kier alpha value is -3.48. The number of benzene rings is 2. The first-order valence-electron chi connectivity index (χ1n) is 10.8. The largest absolute Gasteiger partial charge is 0.456 e. The van der Waals surface area contributed by atoms with E-state index in [1.165, 1.54) is 0 Å². The number of aromatic nitrogens is 2. The number of piperazine rings is 1. The fourth-order valence-corrected chi connectivity index (χ4v) is 5.90. The predicted molar refractivity (Wildman–Crippen MR) is 125 cm³/mol. The van der Waals surface area contributed by atoms with Crippen molar-refractivity contribution in [3.05, 3.63) is 70.0 Å². The highest BCUT2D eigenvalue weighted by Gasteiger charge is 2.35. The molecule has 6 bridgehead atoms. The van der Waals surface area contributed by atoms with E-state index in [1.807, 2.05) is 16.7 Å². The summed E-state index contributed by atoms with van der Waals surface area (Å²) in [5.41, 5.74) is 2.51. The van der Waals surface area contributed by atoms with Crippen LogP contribution in [0.15, 0.2) is 47.8 Å². The number of nitriles is 1. The predicted octanol–water partition coefficient (Wildman–Crippen LogP) is 3.69. The average molecular weight is 492 g/mol. The van der Waals surface area contributed by atoms with Gasteiger partial charge in [0.2, 0.25) is 5.91 Å². The molecule has 1 aromatic heterocycles. The van der Waals surface area contributed by atoms with Crippen molar-refractivity contribution in [3.63, 3.8) is 0 Å². The summed E-state index contributed by atoms with van der Waals surface area (Å²) >= 11 is 8.00. The standard InChI is InChI=1S/C24H18ClN5O3S/c25-18-4-3-17-7-16(18)11-28-5-6-29(12-22(28)31)23(32)19-10-27-24-30(19)20(13-34-24)14-1-2-15(9-26)21(8-14)33-17/h1-4,7-8,10,20H,5-6,11-13H2/t20-/m0/s1. The molecule has 0 aliphatic carbocycles. The highest BCUT2D eigenvalue weighted by Crippen LogP contribution is 2.40. The van der Waals surface area contributed by atoms with E-state index in [1.54, 1.807) is 52.0 Å². The van der Waals surface area contributed by atoms with Crippen molar-refractivity contribution in [2.24, 2.45) is 0 Å². The summed E-state index contributed by atoms with van der Waals surface area (Å²) in [6, 6.07) is 12.8. The molecule has 170 valence electrons. The molecular weight excluding hydrogens is 474 g/mol. The molecular formula is C24H18ClN5O3S. The second kappa shape index (κ2) is 8.08. The lowest BCUT2D eigenvalue weighted by Crippen LogP contribution is -2.52. The summed E-state index contributed by atoms with van der Waals surface area (Å²) in [7, 11) is 0. The van der Waals surface area contributed by atoms with Gasteiger partial charge in [0.25, 0.3) is 5.91 Å². The fraction of sp³-hybridized carbons (Fsp3) is 0.250. The van der Waals surface area contributed by atoms with Crippen molar-refractivity contribution in [1.82, 2.24) is 19.4 Å². The number of hydrogen-bond acceptors (Lipinski definition) is 6. The Balaban J connectivity index is 1.52. The van der Waals surface area contributed by atoms with Gasteiger partial charge in [-0.3, -0.25) is 9.59 Å². The number of carbonyl (C=O) groups excluding carboxylic acids is 2. The summed E-state index contributed by atoms with van der Waals surface area (Å²) in [4.78, 5) is 34.1. The van der Waals surface area contributed by atoms with Crippen LogP contribution >= 0.6 is 23.4 Å². The zero-order valence-electron chi connectivity index (χ0n) is 17.9. The van der Waals surface area contributed by atoms with E-state index in [-0.39, 0.29) is 24.4 Å². The molecule has 1 saturated heterocycles. The minimum atomic E-state index is -0.212. The number of rotatable bonds is 0. The van der Waals surface area contributed by atoms with Crippen LogP contribution < -0.4 is 4.74 Å². The van der Waals surface area contributed by atoms with Crippen molar-refractivity contribution < 1.29 is 14.3 Å². The number of thioether (sulfide) groups is 1. The molecule has 1 atom stereocenters. The highest BCUT2D eigenvalue weighted by molar-refractivity contribution is 7.99. The van der Waals surface area contributed by atoms with Crippen LogP contribution in [-0.4, -0.2) is 56.6 Å². The first-order chi connectivity index (χ1) is 16.5. The van der Waals surface area contributed by atoms with Crippen LogP contribution in [0.5, 0.6) is 11.5 Å². The van der Waals surface area contributed by atoms with E-state index < -0.39 is 0 Å². The van der Waals surface area contributed by atoms with Gasteiger partial charge in [0.1, 0.15) is 29.8 Å². The molecule has 2 amide bonds. The molecule has 10 heteroatoms. The van der Waals surface area contributed by atoms with Gasteiger partial charge in [-0.15, -0.1) is 0 Å². The van der Waals surface area contributed by atoms with Gasteiger partial charge in [-0.05, 0) is 41.5 Å². The zero-order chi connectivity index (χ0) is 23.4. The lowest BCUT2D eigenvalue weighted by Gasteiger charge is -2.35. The molecule has 5 heterocycles. The number of hydrogen-bond donors (Lipinski definition) is 0. The number of halogens is 1. The molecule has 3 aromatic rings. The van der Waals surface area contributed by atoms with Gasteiger partial charge in [0.15, 0.2) is 5.16 Å². The van der Waals surface area contributed by atoms with Crippen molar-refractivity contribution in [3.8, 4) is 17.6 Å². The molecule has 1 fully saturated rings. The van der Waals surface area contributed by atoms with E-state index in [9.17, 15) is 14.9 Å². The number of ether oxygens (including phenoxy) is 1. The van der Waals surface area contributed by atoms with Crippen molar-refractivity contribution >= 4 is 35.2 Å². The lowest BCUT2D eigenvalue weighted by molar-refractivity contribution is -0.135. The van der Waals surface area contributed by atoms with Crippen LogP contribution in [0.1, 0.15) is 33.2 Å². The summed E-state index contributed by atoms with van der Waals surface area (Å²) < 4.78 is 8.08. The van der Waals surface area contributed by atoms with E-state index in [2.05, 4.69) is 11.1 Å². The Kier molecular flexibility index (Phi) is 5.01. The Labute approximate surface area is 204 Å². The van der Waals surface area contributed by atoms with Crippen LogP contribution in [0.3, 0.4) is 0 Å². The maximum absolute atomic E-state index is 13.4. The first kappa shape index (κ1) is 21.1. The molecule has 0 N–H and O–H groups in total. The number of fused-ring (bicyclic) bond motifs is 2. The SMILES string of the molecule is N#Cc1ccc2cc1Oc1ccc(Cl)c(c1)CN1CCN(CC1=O)C(=O)c1cnc3n1[C@H]2CS3. The Morgan fingerprint density at radius 1 is 1.12 bits per heavy atom. The zero-order valence-corrected chi connectivity index (χ0v) is 19.5. The summed E-state index contributed by atoms with van der Waals surface area (Å²) in [5.74, 6) is 1.31. The van der Waals surface area contributed by atoms with Crippen LogP contribution in [0.4, 0.5) is 0 Å². The molecule has 34 heavy (non-hydrogen) atoms. The molecule has 4 aliphatic rings. The number of nitrogens with zero attached hydrogens (tertiary/aromatic N) is 5. The average Bonchev–Trinajstić information content (AvgIpc) is 3.44. The van der Waals surface area contributed by atoms with Gasteiger partial charge in [0.05, 0.1) is 17.8 Å². The van der Waals surface area contributed by atoms with Crippen molar-refractivity contribution in [1.29, 1.82) is 5.26 Å². The van der Waals surface area contributed by atoms with E-state index in [0.29, 0.717) is 53.2 Å². The molecule has 0 saturated carbocycles. The monoisotopic (exact) mass is 491 g/mol. The van der Waals surface area contributed by atoms with Gasteiger partial charge >= 0.3 is 0 Å². The van der Waals surface area contributed by atoms with E-state index in [0.717, 1.165) is 16.3 Å². The fourth-order valence-electron chi connectivity index (χ4n) is 4.59. The van der Waals surface area contributed by atoms with Crippen LogP contribution in [-0.2, 0) is 11.3 Å². The van der Waals surface area contributed by atoms with Gasteiger partial charge < -0.3 is 19.1 Å². The maximum atomic E-state index is 13.4. The molecule has 7 rings (SSSR count). The molecule has 8 nitrogen and oxygen atoms in total. The third-order valence-corrected chi connectivity index (χ3v) is 7.80.